The number of H-pyrrole nitrogens is 1. The Morgan fingerprint density at radius 3 is 2.40 bits per heavy atom. The minimum atomic E-state index is -1.06. The number of benzene rings is 3. The topological polar surface area (TPSA) is 126 Å². The Hall–Kier alpha value is -5.39. The molecule has 11 heteroatoms. The number of hydrogen-bond acceptors (Lipinski definition) is 8. The van der Waals surface area contributed by atoms with E-state index in [4.69, 9.17) is 9.47 Å². The van der Waals surface area contributed by atoms with Gasteiger partial charge in [-0.05, 0) is 86.4 Å². The van der Waals surface area contributed by atoms with Crippen molar-refractivity contribution in [2.45, 2.75) is 38.4 Å². The molecule has 1 atom stereocenters. The highest BCUT2D eigenvalue weighted by Crippen LogP contribution is 2.32. The highest BCUT2D eigenvalue weighted by molar-refractivity contribution is 6.01. The van der Waals surface area contributed by atoms with Crippen LogP contribution in [-0.2, 0) is 14.3 Å². The van der Waals surface area contributed by atoms with Gasteiger partial charge in [-0.25, -0.2) is 9.97 Å². The van der Waals surface area contributed by atoms with Crippen LogP contribution in [0.2, 0.25) is 0 Å². The van der Waals surface area contributed by atoms with Gasteiger partial charge in [-0.1, -0.05) is 30.3 Å². The lowest BCUT2D eigenvalue weighted by Crippen LogP contribution is -2.48. The molecule has 2 N–H and O–H groups in total. The van der Waals surface area contributed by atoms with Gasteiger partial charge < -0.3 is 19.7 Å². The number of carbonyl (C=O) groups is 2. The molecule has 3 aromatic carbocycles. The fourth-order valence-electron chi connectivity index (χ4n) is 6.69. The monoisotopic (exact) mass is 671 g/mol. The molecule has 11 nitrogen and oxygen atoms in total. The van der Waals surface area contributed by atoms with Crippen molar-refractivity contribution >= 4 is 34.0 Å². The van der Waals surface area contributed by atoms with Gasteiger partial charge in [-0.15, -0.1) is 0 Å². The fourth-order valence-corrected chi connectivity index (χ4v) is 6.69. The molecule has 4 heterocycles. The van der Waals surface area contributed by atoms with Crippen LogP contribution in [0.25, 0.3) is 39.1 Å². The van der Waals surface area contributed by atoms with Crippen molar-refractivity contribution in [3.05, 3.63) is 96.8 Å². The predicted octanol–water partition coefficient (Wildman–Crippen LogP) is 5.82. The van der Waals surface area contributed by atoms with E-state index in [2.05, 4.69) is 43.7 Å². The third kappa shape index (κ3) is 7.01. The summed E-state index contributed by atoms with van der Waals surface area (Å²) in [4.78, 5) is 39.6. The summed E-state index contributed by atoms with van der Waals surface area (Å²) in [5.74, 6) is 1.31. The molecular weight excluding hydrogens is 630 g/mol. The molecule has 2 aliphatic heterocycles. The van der Waals surface area contributed by atoms with E-state index in [-0.39, 0.29) is 24.5 Å². The first kappa shape index (κ1) is 33.1. The lowest BCUT2D eigenvalue weighted by atomic mass is 9.98. The first-order chi connectivity index (χ1) is 24.3. The van der Waals surface area contributed by atoms with E-state index in [0.717, 1.165) is 45.5 Å². The van der Waals surface area contributed by atoms with Crippen molar-refractivity contribution in [3.8, 4) is 28.4 Å². The summed E-state index contributed by atoms with van der Waals surface area (Å²) in [5.41, 5.74) is 5.51. The molecule has 256 valence electrons. The van der Waals surface area contributed by atoms with E-state index in [0.29, 0.717) is 44.1 Å². The zero-order chi connectivity index (χ0) is 34.7. The SMILES string of the molecule is CO[C@@]1(C(=O)Nc2ccc3[nH]nc(-c4ccc(OC(C)C)cc4)c3c2)CCN(CC(=O)N2CC=C(c3ccc(-c4ncccn4)cc3)CC2)C1. The second-order valence-corrected chi connectivity index (χ2v) is 13.1. The molecule has 2 aliphatic rings. The highest BCUT2D eigenvalue weighted by Gasteiger charge is 2.45. The molecule has 0 spiro atoms. The number of anilines is 1. The molecule has 50 heavy (non-hydrogen) atoms. The number of methoxy groups -OCH3 is 1. The zero-order valence-corrected chi connectivity index (χ0v) is 28.6. The third-order valence-electron chi connectivity index (χ3n) is 9.44. The van der Waals surface area contributed by atoms with Gasteiger partial charge in [0, 0.05) is 67.9 Å². The van der Waals surface area contributed by atoms with Gasteiger partial charge in [0.2, 0.25) is 5.91 Å². The van der Waals surface area contributed by atoms with Crippen LogP contribution in [0, 0.1) is 0 Å². The summed E-state index contributed by atoms with van der Waals surface area (Å²) in [7, 11) is 1.56. The van der Waals surface area contributed by atoms with E-state index < -0.39 is 5.60 Å². The lowest BCUT2D eigenvalue weighted by Gasteiger charge is -2.30. The molecule has 0 unspecified atom stereocenters. The van der Waals surface area contributed by atoms with Crippen LogP contribution in [0.4, 0.5) is 5.69 Å². The number of hydrogen-bond donors (Lipinski definition) is 2. The first-order valence-corrected chi connectivity index (χ1v) is 17.0. The van der Waals surface area contributed by atoms with Gasteiger partial charge in [0.1, 0.15) is 5.75 Å². The molecular formula is C39H41N7O4. The maximum Gasteiger partial charge on any atom is 0.258 e. The van der Waals surface area contributed by atoms with Crippen LogP contribution in [-0.4, -0.2) is 93.3 Å². The first-order valence-electron chi connectivity index (χ1n) is 17.0. The molecule has 0 radical (unpaired) electrons. The number of ether oxygens (including phenoxy) is 2. The molecule has 1 fully saturated rings. The van der Waals surface area contributed by atoms with Gasteiger partial charge in [-0.3, -0.25) is 19.6 Å². The number of nitrogens with one attached hydrogen (secondary N) is 2. The van der Waals surface area contributed by atoms with Crippen molar-refractivity contribution in [1.82, 2.24) is 30.0 Å². The normalized spacial score (nSPS) is 18.0. The lowest BCUT2D eigenvalue weighted by molar-refractivity contribution is -0.138. The Morgan fingerprint density at radius 1 is 0.960 bits per heavy atom. The summed E-state index contributed by atoms with van der Waals surface area (Å²) in [6.45, 7) is 6.34. The molecule has 2 aromatic heterocycles. The van der Waals surface area contributed by atoms with Crippen LogP contribution in [0.15, 0.2) is 91.3 Å². The number of aromatic amines is 1. The van der Waals surface area contributed by atoms with Gasteiger partial charge in [-0.2, -0.15) is 5.10 Å². The van der Waals surface area contributed by atoms with E-state index in [1.165, 1.54) is 5.57 Å². The van der Waals surface area contributed by atoms with Gasteiger partial charge in [0.25, 0.3) is 5.91 Å². The number of aromatic nitrogens is 4. The summed E-state index contributed by atoms with van der Waals surface area (Å²) in [6.07, 6.45) is 6.96. The van der Waals surface area contributed by atoms with Gasteiger partial charge in [0.05, 0.1) is 23.9 Å². The largest absolute Gasteiger partial charge is 0.491 e. The smallest absolute Gasteiger partial charge is 0.258 e. The van der Waals surface area contributed by atoms with Crippen LogP contribution >= 0.6 is 0 Å². The summed E-state index contributed by atoms with van der Waals surface area (Å²) >= 11 is 0. The second kappa shape index (κ2) is 14.2. The van der Waals surface area contributed by atoms with E-state index in [1.54, 1.807) is 25.6 Å². The Labute approximate surface area is 291 Å². The molecule has 0 bridgehead atoms. The molecule has 5 aromatic rings. The quantitative estimate of drug-likeness (QED) is 0.190. The summed E-state index contributed by atoms with van der Waals surface area (Å²) in [5, 5.41) is 11.6. The third-order valence-corrected chi connectivity index (χ3v) is 9.44. The van der Waals surface area contributed by atoms with E-state index >= 15 is 0 Å². The molecule has 1 saturated heterocycles. The molecule has 2 amide bonds. The van der Waals surface area contributed by atoms with Gasteiger partial charge >= 0.3 is 0 Å². The van der Waals surface area contributed by atoms with Crippen LogP contribution in [0.5, 0.6) is 5.75 Å². The van der Waals surface area contributed by atoms with Crippen molar-refractivity contribution < 1.29 is 19.1 Å². The maximum atomic E-state index is 13.7. The Bertz CT molecular complexity index is 2010. The number of nitrogens with zero attached hydrogens (tertiary/aromatic N) is 5. The average Bonchev–Trinajstić information content (AvgIpc) is 3.77. The molecule has 0 aliphatic carbocycles. The average molecular weight is 672 g/mol. The second-order valence-electron chi connectivity index (χ2n) is 13.1. The standard InChI is InChI=1S/C39H41N7O4/c1-26(2)50-32-12-9-29(10-13-32)36-33-23-31(11-14-34(33)43-44-36)42-38(48)39(49-3)17-22-45(25-39)24-35(47)46-20-15-28(16-21-46)27-5-7-30(8-6-27)37-40-18-4-19-41-37/h4-15,18-19,23,26H,16-17,20-22,24-25H2,1-3H3,(H,42,48)(H,43,44)/t39-/m0/s1. The Kier molecular flexibility index (Phi) is 9.42. The zero-order valence-electron chi connectivity index (χ0n) is 28.6. The summed E-state index contributed by atoms with van der Waals surface area (Å²) < 4.78 is 11.6. The number of fused-ring (bicyclic) bond motifs is 1. The van der Waals surface area contributed by atoms with Crippen LogP contribution in [0.1, 0.15) is 32.3 Å². The summed E-state index contributed by atoms with van der Waals surface area (Å²) in [6, 6.07) is 23.5. The number of rotatable bonds is 10. The minimum absolute atomic E-state index is 0.0472. The van der Waals surface area contributed by atoms with Crippen LogP contribution in [0.3, 0.4) is 0 Å². The Morgan fingerprint density at radius 2 is 1.70 bits per heavy atom. The maximum absolute atomic E-state index is 13.7. The highest BCUT2D eigenvalue weighted by atomic mass is 16.5. The predicted molar refractivity (Wildman–Crippen MR) is 193 cm³/mol. The van der Waals surface area contributed by atoms with E-state index in [1.807, 2.05) is 78.2 Å². The minimum Gasteiger partial charge on any atom is -0.491 e. The van der Waals surface area contributed by atoms with Crippen molar-refractivity contribution in [3.63, 3.8) is 0 Å². The van der Waals surface area contributed by atoms with Crippen molar-refractivity contribution in [2.75, 3.05) is 45.2 Å². The molecule has 0 saturated carbocycles. The number of amides is 2. The Balaban J connectivity index is 0.956. The van der Waals surface area contributed by atoms with Crippen LogP contribution < -0.4 is 10.1 Å². The van der Waals surface area contributed by atoms with Crippen molar-refractivity contribution in [1.29, 1.82) is 0 Å². The number of carbonyl (C=O) groups excluding carboxylic acids is 2. The number of likely N-dealkylation sites (tertiary alicyclic amines) is 1. The fraction of sp³-hybridized carbons (Fsp3) is 0.308. The van der Waals surface area contributed by atoms with E-state index in [9.17, 15) is 9.59 Å². The van der Waals surface area contributed by atoms with Gasteiger partial charge in [0.15, 0.2) is 11.4 Å². The molecule has 7 rings (SSSR count). The van der Waals surface area contributed by atoms with Crippen molar-refractivity contribution in [2.24, 2.45) is 0 Å².